The SMILES string of the molecule is COc1c(F)cc(F)c(CCC(=O)O)c1OC. The number of rotatable bonds is 5. The van der Waals surface area contributed by atoms with Crippen LogP contribution < -0.4 is 9.47 Å². The number of aliphatic carboxylic acids is 1. The summed E-state index contributed by atoms with van der Waals surface area (Å²) < 4.78 is 36.4. The molecule has 0 unspecified atom stereocenters. The predicted molar refractivity (Wildman–Crippen MR) is 55.4 cm³/mol. The molecule has 0 bridgehead atoms. The maximum Gasteiger partial charge on any atom is 0.303 e. The standard InChI is InChI=1S/C11H12F2O4/c1-16-10-6(3-4-9(14)15)7(12)5-8(13)11(10)17-2/h5H,3-4H2,1-2H3,(H,14,15). The lowest BCUT2D eigenvalue weighted by atomic mass is 10.1. The molecule has 0 aliphatic heterocycles. The average molecular weight is 246 g/mol. The second kappa shape index (κ2) is 5.47. The van der Waals surface area contributed by atoms with E-state index in [4.69, 9.17) is 14.6 Å². The van der Waals surface area contributed by atoms with E-state index >= 15 is 0 Å². The first-order valence-corrected chi connectivity index (χ1v) is 4.81. The van der Waals surface area contributed by atoms with Crippen molar-refractivity contribution >= 4 is 5.97 Å². The highest BCUT2D eigenvalue weighted by Gasteiger charge is 2.20. The molecule has 1 aromatic rings. The summed E-state index contributed by atoms with van der Waals surface area (Å²) in [4.78, 5) is 10.4. The van der Waals surface area contributed by atoms with Crippen molar-refractivity contribution in [1.29, 1.82) is 0 Å². The first kappa shape index (κ1) is 13.2. The first-order chi connectivity index (χ1) is 8.01. The van der Waals surface area contributed by atoms with Crippen LogP contribution in [0.1, 0.15) is 12.0 Å². The van der Waals surface area contributed by atoms with Gasteiger partial charge < -0.3 is 14.6 Å². The van der Waals surface area contributed by atoms with Gasteiger partial charge in [-0.15, -0.1) is 0 Å². The van der Waals surface area contributed by atoms with Gasteiger partial charge in [0.15, 0.2) is 17.3 Å². The minimum atomic E-state index is -1.07. The Bertz CT molecular complexity index is 432. The highest BCUT2D eigenvalue weighted by atomic mass is 19.1. The Labute approximate surface area is 96.8 Å². The zero-order valence-electron chi connectivity index (χ0n) is 9.42. The number of halogens is 2. The van der Waals surface area contributed by atoms with E-state index < -0.39 is 17.6 Å². The van der Waals surface area contributed by atoms with Gasteiger partial charge in [-0.3, -0.25) is 4.79 Å². The summed E-state index contributed by atoms with van der Waals surface area (Å²) in [7, 11) is 2.46. The molecule has 1 N–H and O–H groups in total. The fourth-order valence-corrected chi connectivity index (χ4v) is 1.49. The first-order valence-electron chi connectivity index (χ1n) is 4.81. The molecule has 1 rings (SSSR count). The van der Waals surface area contributed by atoms with Crippen molar-refractivity contribution in [2.45, 2.75) is 12.8 Å². The van der Waals surface area contributed by atoms with Gasteiger partial charge >= 0.3 is 5.97 Å². The number of carboxylic acids is 1. The monoisotopic (exact) mass is 246 g/mol. The van der Waals surface area contributed by atoms with Gasteiger partial charge in [-0.2, -0.15) is 0 Å². The summed E-state index contributed by atoms with van der Waals surface area (Å²) in [5.74, 6) is -3.14. The summed E-state index contributed by atoms with van der Waals surface area (Å²) in [6, 6.07) is 0.651. The Morgan fingerprint density at radius 1 is 1.24 bits per heavy atom. The van der Waals surface area contributed by atoms with Crippen LogP contribution in [0.25, 0.3) is 0 Å². The van der Waals surface area contributed by atoms with Crippen molar-refractivity contribution in [3.8, 4) is 11.5 Å². The molecule has 0 radical (unpaired) electrons. The third-order valence-electron chi connectivity index (χ3n) is 2.24. The van der Waals surface area contributed by atoms with Crippen LogP contribution in [0.4, 0.5) is 8.78 Å². The van der Waals surface area contributed by atoms with Gasteiger partial charge in [0, 0.05) is 18.1 Å². The molecule has 1 aromatic carbocycles. The summed E-state index contributed by atoms with van der Waals surface area (Å²) in [6.45, 7) is 0. The number of hydrogen-bond donors (Lipinski definition) is 1. The third kappa shape index (κ3) is 2.83. The van der Waals surface area contributed by atoms with E-state index in [1.807, 2.05) is 0 Å². The summed E-state index contributed by atoms with van der Waals surface area (Å²) in [5, 5.41) is 8.54. The van der Waals surface area contributed by atoms with Gasteiger partial charge in [0.2, 0.25) is 0 Å². The van der Waals surface area contributed by atoms with E-state index in [1.54, 1.807) is 0 Å². The molecule has 0 aliphatic rings. The third-order valence-corrected chi connectivity index (χ3v) is 2.24. The van der Waals surface area contributed by atoms with E-state index in [0.29, 0.717) is 6.07 Å². The Kier molecular flexibility index (Phi) is 4.25. The summed E-state index contributed by atoms with van der Waals surface area (Å²) in [5.41, 5.74) is -0.00634. The van der Waals surface area contributed by atoms with Crippen molar-refractivity contribution < 1.29 is 28.2 Å². The molecule has 0 fully saturated rings. The van der Waals surface area contributed by atoms with Crippen LogP contribution in [0, 0.1) is 11.6 Å². The number of ether oxygens (including phenoxy) is 2. The van der Waals surface area contributed by atoms with Crippen LogP contribution >= 0.6 is 0 Å². The molecular weight excluding hydrogens is 234 g/mol. The minimum Gasteiger partial charge on any atom is -0.492 e. The van der Waals surface area contributed by atoms with Crippen molar-refractivity contribution in [3.63, 3.8) is 0 Å². The van der Waals surface area contributed by atoms with Gasteiger partial charge in [-0.1, -0.05) is 0 Å². The highest BCUT2D eigenvalue weighted by Crippen LogP contribution is 2.36. The van der Waals surface area contributed by atoms with Crippen molar-refractivity contribution in [3.05, 3.63) is 23.3 Å². The van der Waals surface area contributed by atoms with Crippen molar-refractivity contribution in [2.24, 2.45) is 0 Å². The van der Waals surface area contributed by atoms with Gasteiger partial charge in [0.05, 0.1) is 14.2 Å². The van der Waals surface area contributed by atoms with Gasteiger partial charge in [0.1, 0.15) is 5.82 Å². The van der Waals surface area contributed by atoms with E-state index in [9.17, 15) is 13.6 Å². The molecule has 94 valence electrons. The zero-order chi connectivity index (χ0) is 13.0. The van der Waals surface area contributed by atoms with Crippen molar-refractivity contribution in [1.82, 2.24) is 0 Å². The molecule has 0 aliphatic carbocycles. The molecule has 6 heteroatoms. The Balaban J connectivity index is 3.21. The molecule has 0 atom stereocenters. The van der Waals surface area contributed by atoms with Crippen LogP contribution in [0.2, 0.25) is 0 Å². The van der Waals surface area contributed by atoms with Crippen LogP contribution in [-0.2, 0) is 11.2 Å². The lowest BCUT2D eigenvalue weighted by Crippen LogP contribution is -2.05. The summed E-state index contributed by atoms with van der Waals surface area (Å²) >= 11 is 0. The largest absolute Gasteiger partial charge is 0.492 e. The predicted octanol–water partition coefficient (Wildman–Crippen LogP) is 2.00. The molecule has 17 heavy (non-hydrogen) atoms. The van der Waals surface area contributed by atoms with Gasteiger partial charge in [0.25, 0.3) is 0 Å². The highest BCUT2D eigenvalue weighted by molar-refractivity contribution is 5.67. The van der Waals surface area contributed by atoms with E-state index in [0.717, 1.165) is 0 Å². The molecule has 0 heterocycles. The van der Waals surface area contributed by atoms with Crippen LogP contribution in [0.3, 0.4) is 0 Å². The topological polar surface area (TPSA) is 55.8 Å². The normalized spacial score (nSPS) is 10.1. The maximum atomic E-state index is 13.5. The quantitative estimate of drug-likeness (QED) is 0.863. The molecular formula is C11H12F2O4. The van der Waals surface area contributed by atoms with Crippen molar-refractivity contribution in [2.75, 3.05) is 14.2 Å². The Morgan fingerprint density at radius 3 is 2.29 bits per heavy atom. The fourth-order valence-electron chi connectivity index (χ4n) is 1.49. The smallest absolute Gasteiger partial charge is 0.303 e. The Hall–Kier alpha value is -1.85. The summed E-state index contributed by atoms with van der Waals surface area (Å²) in [6.07, 6.45) is -0.372. The zero-order valence-corrected chi connectivity index (χ0v) is 9.42. The number of hydrogen-bond acceptors (Lipinski definition) is 3. The number of methoxy groups -OCH3 is 2. The lowest BCUT2D eigenvalue weighted by Gasteiger charge is -2.13. The molecule has 4 nitrogen and oxygen atoms in total. The van der Waals surface area contributed by atoms with E-state index in [2.05, 4.69) is 0 Å². The van der Waals surface area contributed by atoms with Crippen LogP contribution in [0.15, 0.2) is 6.07 Å². The molecule has 0 spiro atoms. The maximum absolute atomic E-state index is 13.5. The Morgan fingerprint density at radius 2 is 1.82 bits per heavy atom. The number of carbonyl (C=O) groups is 1. The molecule has 0 saturated heterocycles. The molecule has 0 saturated carbocycles. The van der Waals surface area contributed by atoms with Crippen LogP contribution in [-0.4, -0.2) is 25.3 Å². The fraction of sp³-hybridized carbons (Fsp3) is 0.364. The lowest BCUT2D eigenvalue weighted by molar-refractivity contribution is -0.136. The average Bonchev–Trinajstić information content (AvgIpc) is 2.26. The minimum absolute atomic E-state index is 0.00634. The second-order valence-corrected chi connectivity index (χ2v) is 3.28. The number of benzene rings is 1. The van der Waals surface area contributed by atoms with E-state index in [-0.39, 0.29) is 29.9 Å². The molecule has 0 aromatic heterocycles. The van der Waals surface area contributed by atoms with Crippen LogP contribution in [0.5, 0.6) is 11.5 Å². The van der Waals surface area contributed by atoms with Gasteiger partial charge in [-0.25, -0.2) is 8.78 Å². The second-order valence-electron chi connectivity index (χ2n) is 3.28. The van der Waals surface area contributed by atoms with E-state index in [1.165, 1.54) is 14.2 Å². The molecule has 0 amide bonds. The van der Waals surface area contributed by atoms with Gasteiger partial charge in [-0.05, 0) is 6.42 Å². The number of carboxylic acid groups (broad SMARTS) is 1.